The molecule has 0 rings (SSSR count). The number of carbonyl (C=O) groups is 5. The summed E-state index contributed by atoms with van der Waals surface area (Å²) in [4.78, 5) is 58.7. The summed E-state index contributed by atoms with van der Waals surface area (Å²) in [7, 11) is 0. The summed E-state index contributed by atoms with van der Waals surface area (Å²) < 4.78 is 0. The molecule has 29 heavy (non-hydrogen) atoms. The molecule has 0 aliphatic carbocycles. The van der Waals surface area contributed by atoms with Gasteiger partial charge in [0.2, 0.25) is 17.7 Å². The molecule has 3 atom stereocenters. The van der Waals surface area contributed by atoms with Gasteiger partial charge in [0.15, 0.2) is 6.04 Å². The summed E-state index contributed by atoms with van der Waals surface area (Å²) in [5, 5.41) is 21.7. The van der Waals surface area contributed by atoms with Crippen molar-refractivity contribution >= 4 is 29.7 Å². The van der Waals surface area contributed by atoms with Gasteiger partial charge in [0, 0.05) is 6.92 Å². The molecule has 0 fully saturated rings. The summed E-state index contributed by atoms with van der Waals surface area (Å²) in [5.41, 5.74) is 13.0. The number of carboxylic acids is 2. The number of hydrogen-bond donors (Lipinski definition) is 6. The molecule has 0 aromatic heterocycles. The summed E-state index contributed by atoms with van der Waals surface area (Å²) in [6.07, 6.45) is 0.591. The Balaban J connectivity index is 5.49. The molecular formula is C17H31N5O7. The summed E-state index contributed by atoms with van der Waals surface area (Å²) >= 11 is 0. The molecule has 8 N–H and O–H groups in total. The Kier molecular flexibility index (Phi) is 11.5. The van der Waals surface area contributed by atoms with Crippen molar-refractivity contribution in [3.63, 3.8) is 0 Å². The maximum Gasteiger partial charge on any atom is 0.328 e. The van der Waals surface area contributed by atoms with Gasteiger partial charge in [0.1, 0.15) is 12.1 Å². The van der Waals surface area contributed by atoms with E-state index in [2.05, 4.69) is 10.7 Å². The summed E-state index contributed by atoms with van der Waals surface area (Å²) in [6.45, 7) is 4.71. The number of nitrogens with two attached hydrogens (primary N) is 2. The average molecular weight is 417 g/mol. The van der Waals surface area contributed by atoms with Gasteiger partial charge in [0.25, 0.3) is 0 Å². The number of nitrogens with one attached hydrogen (secondary N) is 2. The van der Waals surface area contributed by atoms with Crippen molar-refractivity contribution in [3.05, 3.63) is 0 Å². The number of rotatable bonds is 14. The second-order valence-corrected chi connectivity index (χ2v) is 6.95. The van der Waals surface area contributed by atoms with E-state index in [9.17, 15) is 34.2 Å². The van der Waals surface area contributed by atoms with Crippen LogP contribution in [0, 0.1) is 5.92 Å². The molecule has 3 amide bonds. The number of amides is 3. The number of nitrogens with zero attached hydrogens (tertiary/aromatic N) is 1. The molecule has 0 radical (unpaired) electrons. The van der Waals surface area contributed by atoms with Crippen LogP contribution in [-0.2, 0) is 24.0 Å². The second kappa shape index (κ2) is 12.7. The van der Waals surface area contributed by atoms with Crippen molar-refractivity contribution in [1.82, 2.24) is 15.8 Å². The molecule has 0 unspecified atom stereocenters. The van der Waals surface area contributed by atoms with E-state index in [0.29, 0.717) is 24.4 Å². The van der Waals surface area contributed by atoms with Crippen LogP contribution in [-0.4, -0.2) is 69.6 Å². The molecule has 0 bridgehead atoms. The minimum Gasteiger partial charge on any atom is -0.480 e. The molecule has 0 aromatic rings. The molecule has 0 heterocycles. The van der Waals surface area contributed by atoms with Gasteiger partial charge in [-0.1, -0.05) is 13.8 Å². The van der Waals surface area contributed by atoms with Gasteiger partial charge in [-0.25, -0.2) is 15.0 Å². The Bertz CT molecular complexity index is 611. The average Bonchev–Trinajstić information content (AvgIpc) is 2.58. The first-order valence-corrected chi connectivity index (χ1v) is 9.22. The van der Waals surface area contributed by atoms with Crippen molar-refractivity contribution in [2.45, 2.75) is 64.6 Å². The highest BCUT2D eigenvalue weighted by Crippen LogP contribution is 2.10. The number of hydrogen-bond acceptors (Lipinski definition) is 7. The van der Waals surface area contributed by atoms with Gasteiger partial charge in [-0.3, -0.25) is 19.4 Å². The van der Waals surface area contributed by atoms with E-state index >= 15 is 0 Å². The molecule has 12 nitrogen and oxygen atoms in total. The zero-order valence-corrected chi connectivity index (χ0v) is 16.9. The highest BCUT2D eigenvalue weighted by molar-refractivity contribution is 5.89. The van der Waals surface area contributed by atoms with Gasteiger partial charge in [0.05, 0.1) is 6.42 Å². The smallest absolute Gasteiger partial charge is 0.328 e. The minimum atomic E-state index is -1.63. The lowest BCUT2D eigenvalue weighted by molar-refractivity contribution is -0.156. The number of carbonyl (C=O) groups excluding carboxylic acids is 3. The standard InChI is InChI=1S/C17H31N5O7/c1-9(2)14(15(25)20-11(16(26)27)6-4-5-7-18)21-22(10(3)23)12(17(28)29)8-13(19)24/h9,11-12,14,21H,4-8,18H2,1-3H3,(H2,19,24)(H,20,25)(H,26,27)(H,28,29)/t11-,12-,14-/m0/s1. The normalized spacial score (nSPS) is 14.0. The fourth-order valence-electron chi connectivity index (χ4n) is 2.55. The predicted molar refractivity (Wildman–Crippen MR) is 102 cm³/mol. The quantitative estimate of drug-likeness (QED) is 0.142. The number of carboxylic acid groups (broad SMARTS) is 2. The van der Waals surface area contributed by atoms with Crippen molar-refractivity contribution in [2.24, 2.45) is 17.4 Å². The third-order valence-corrected chi connectivity index (χ3v) is 4.12. The first kappa shape index (κ1) is 26.3. The Morgan fingerprint density at radius 1 is 1.03 bits per heavy atom. The highest BCUT2D eigenvalue weighted by Gasteiger charge is 2.35. The molecule has 0 aliphatic heterocycles. The van der Waals surface area contributed by atoms with Crippen LogP contribution in [0.3, 0.4) is 0 Å². The SMILES string of the molecule is CC(=O)N(N[C@H](C(=O)N[C@@H](CCCCN)C(=O)O)C(C)C)[C@@H](CC(N)=O)C(=O)O. The van der Waals surface area contributed by atoms with E-state index in [1.165, 1.54) is 0 Å². The maximum atomic E-state index is 12.7. The Labute approximate surface area is 168 Å². The van der Waals surface area contributed by atoms with Crippen LogP contribution >= 0.6 is 0 Å². The monoisotopic (exact) mass is 417 g/mol. The minimum absolute atomic E-state index is 0.166. The lowest BCUT2D eigenvalue weighted by atomic mass is 10.0. The van der Waals surface area contributed by atoms with Crippen molar-refractivity contribution in [1.29, 1.82) is 0 Å². The van der Waals surface area contributed by atoms with Crippen LogP contribution < -0.4 is 22.2 Å². The molecule has 0 aliphatic rings. The first-order valence-electron chi connectivity index (χ1n) is 9.22. The molecule has 166 valence electrons. The predicted octanol–water partition coefficient (Wildman–Crippen LogP) is -1.61. The highest BCUT2D eigenvalue weighted by atomic mass is 16.4. The molecule has 12 heteroatoms. The largest absolute Gasteiger partial charge is 0.480 e. The number of unbranched alkanes of at least 4 members (excludes halogenated alkanes) is 1. The zero-order valence-electron chi connectivity index (χ0n) is 16.9. The van der Waals surface area contributed by atoms with Crippen LogP contribution in [0.15, 0.2) is 0 Å². The molecular weight excluding hydrogens is 386 g/mol. The van der Waals surface area contributed by atoms with E-state index in [-0.39, 0.29) is 6.42 Å². The summed E-state index contributed by atoms with van der Waals surface area (Å²) in [6, 6.07) is -3.92. The maximum absolute atomic E-state index is 12.7. The van der Waals surface area contributed by atoms with Crippen LogP contribution in [0.5, 0.6) is 0 Å². The third-order valence-electron chi connectivity index (χ3n) is 4.12. The van der Waals surface area contributed by atoms with E-state index in [1.54, 1.807) is 13.8 Å². The van der Waals surface area contributed by atoms with Gasteiger partial charge < -0.3 is 27.0 Å². The lowest BCUT2D eigenvalue weighted by Crippen LogP contribution is -2.62. The summed E-state index contributed by atoms with van der Waals surface area (Å²) in [5.74, 6) is -5.58. The van der Waals surface area contributed by atoms with Crippen LogP contribution in [0.1, 0.15) is 46.5 Å². The number of aliphatic carboxylic acids is 2. The Hall–Kier alpha value is -2.73. The molecule has 0 spiro atoms. The third kappa shape index (κ3) is 9.34. The second-order valence-electron chi connectivity index (χ2n) is 6.95. The van der Waals surface area contributed by atoms with E-state index in [0.717, 1.165) is 6.92 Å². The van der Waals surface area contributed by atoms with Crippen molar-refractivity contribution in [3.8, 4) is 0 Å². The van der Waals surface area contributed by atoms with Gasteiger partial charge in [-0.2, -0.15) is 0 Å². The Morgan fingerprint density at radius 2 is 1.62 bits per heavy atom. The lowest BCUT2D eigenvalue weighted by Gasteiger charge is -2.33. The first-order chi connectivity index (χ1) is 13.4. The Morgan fingerprint density at radius 3 is 2.00 bits per heavy atom. The van der Waals surface area contributed by atoms with E-state index < -0.39 is 60.1 Å². The number of hydrazine groups is 1. The fourth-order valence-corrected chi connectivity index (χ4v) is 2.55. The zero-order chi connectivity index (χ0) is 22.7. The molecule has 0 saturated heterocycles. The fraction of sp³-hybridized carbons (Fsp3) is 0.706. The van der Waals surface area contributed by atoms with Crippen LogP contribution in [0.25, 0.3) is 0 Å². The van der Waals surface area contributed by atoms with Crippen LogP contribution in [0.4, 0.5) is 0 Å². The van der Waals surface area contributed by atoms with Gasteiger partial charge in [-0.15, -0.1) is 0 Å². The van der Waals surface area contributed by atoms with Crippen molar-refractivity contribution in [2.75, 3.05) is 6.54 Å². The van der Waals surface area contributed by atoms with Crippen molar-refractivity contribution < 1.29 is 34.2 Å². The topological polar surface area (TPSA) is 205 Å². The van der Waals surface area contributed by atoms with E-state index in [4.69, 9.17) is 11.5 Å². The van der Waals surface area contributed by atoms with Gasteiger partial charge >= 0.3 is 11.9 Å². The van der Waals surface area contributed by atoms with Gasteiger partial charge in [-0.05, 0) is 31.7 Å². The van der Waals surface area contributed by atoms with E-state index in [1.807, 2.05) is 0 Å². The van der Waals surface area contributed by atoms with Crippen LogP contribution in [0.2, 0.25) is 0 Å². The number of primary amides is 1. The molecule has 0 saturated carbocycles. The molecule has 0 aromatic carbocycles.